The summed E-state index contributed by atoms with van der Waals surface area (Å²) >= 11 is 0. The molecule has 0 aliphatic heterocycles. The van der Waals surface area contributed by atoms with Crippen LogP contribution in [0.25, 0.3) is 0 Å². The fraction of sp³-hybridized carbons (Fsp3) is 0.368. The topological polar surface area (TPSA) is 32.3 Å². The molecule has 2 nitrogen and oxygen atoms in total. The number of aryl methyl sites for hydroxylation is 2. The summed E-state index contributed by atoms with van der Waals surface area (Å²) in [5.74, 6) is 0. The molecule has 0 amide bonds. The Hall–Kier alpha value is -1.64. The lowest BCUT2D eigenvalue weighted by Gasteiger charge is -2.12. The maximum absolute atomic E-state index is 9.98. The lowest BCUT2D eigenvalue weighted by molar-refractivity contribution is 0.162. The van der Waals surface area contributed by atoms with Crippen LogP contribution in [0.15, 0.2) is 54.6 Å². The molecule has 2 aromatic carbocycles. The molecule has 0 saturated carbocycles. The lowest BCUT2D eigenvalue weighted by atomic mass is 10.1. The average molecular weight is 283 g/mol. The Balaban J connectivity index is 1.59. The molecule has 2 aromatic rings. The third kappa shape index (κ3) is 6.11. The zero-order chi connectivity index (χ0) is 14.9. The Bertz CT molecular complexity index is 507. The monoisotopic (exact) mass is 283 g/mol. The predicted octanol–water partition coefficient (Wildman–Crippen LogP) is 3.12. The second kappa shape index (κ2) is 8.60. The zero-order valence-corrected chi connectivity index (χ0v) is 12.8. The van der Waals surface area contributed by atoms with E-state index in [1.54, 1.807) is 0 Å². The molecule has 1 atom stereocenters. The summed E-state index contributed by atoms with van der Waals surface area (Å²) < 4.78 is 0. The molecule has 0 bridgehead atoms. The fourth-order valence-corrected chi connectivity index (χ4v) is 2.34. The van der Waals surface area contributed by atoms with Crippen molar-refractivity contribution in [3.8, 4) is 0 Å². The van der Waals surface area contributed by atoms with Crippen LogP contribution < -0.4 is 5.32 Å². The number of nitrogens with one attached hydrogen (secondary N) is 1. The minimum Gasteiger partial charge on any atom is -0.392 e. The van der Waals surface area contributed by atoms with Gasteiger partial charge in [0.15, 0.2) is 0 Å². The van der Waals surface area contributed by atoms with E-state index in [1.165, 1.54) is 16.7 Å². The molecule has 0 aromatic heterocycles. The van der Waals surface area contributed by atoms with E-state index in [-0.39, 0.29) is 6.10 Å². The van der Waals surface area contributed by atoms with Crippen molar-refractivity contribution in [1.82, 2.24) is 5.32 Å². The van der Waals surface area contributed by atoms with Crippen LogP contribution in [0.3, 0.4) is 0 Å². The molecule has 0 aliphatic carbocycles. The summed E-state index contributed by atoms with van der Waals surface area (Å²) in [5.41, 5.74) is 3.92. The maximum atomic E-state index is 9.98. The molecule has 0 aliphatic rings. The highest BCUT2D eigenvalue weighted by Gasteiger charge is 2.04. The third-order valence-electron chi connectivity index (χ3n) is 3.70. The SMILES string of the molecule is Cc1ccc(CCNCC(O)CCc2ccccc2)cc1. The maximum Gasteiger partial charge on any atom is 0.0667 e. The highest BCUT2D eigenvalue weighted by Crippen LogP contribution is 2.05. The Morgan fingerprint density at radius 3 is 2.29 bits per heavy atom. The molecule has 0 spiro atoms. The van der Waals surface area contributed by atoms with Crippen LogP contribution >= 0.6 is 0 Å². The van der Waals surface area contributed by atoms with Gasteiger partial charge in [0.2, 0.25) is 0 Å². The van der Waals surface area contributed by atoms with Crippen molar-refractivity contribution < 1.29 is 5.11 Å². The second-order valence-electron chi connectivity index (χ2n) is 5.62. The van der Waals surface area contributed by atoms with Gasteiger partial charge < -0.3 is 10.4 Å². The number of rotatable bonds is 8. The van der Waals surface area contributed by atoms with Crippen LogP contribution in [-0.4, -0.2) is 24.3 Å². The van der Waals surface area contributed by atoms with Crippen molar-refractivity contribution in [2.24, 2.45) is 0 Å². The van der Waals surface area contributed by atoms with Crippen LogP contribution in [0.1, 0.15) is 23.1 Å². The Morgan fingerprint density at radius 1 is 0.905 bits per heavy atom. The molecule has 0 saturated heterocycles. The van der Waals surface area contributed by atoms with Gasteiger partial charge in [-0.2, -0.15) is 0 Å². The van der Waals surface area contributed by atoms with E-state index in [9.17, 15) is 5.11 Å². The van der Waals surface area contributed by atoms with E-state index in [2.05, 4.69) is 48.6 Å². The minimum atomic E-state index is -0.275. The Labute approximate surface area is 127 Å². The van der Waals surface area contributed by atoms with Gasteiger partial charge in [-0.25, -0.2) is 0 Å². The van der Waals surface area contributed by atoms with Crippen molar-refractivity contribution in [2.45, 2.75) is 32.3 Å². The van der Waals surface area contributed by atoms with Crippen LogP contribution in [0, 0.1) is 6.92 Å². The first-order valence-corrected chi connectivity index (χ1v) is 7.72. The summed E-state index contributed by atoms with van der Waals surface area (Å²) in [6.07, 6.45) is 2.47. The molecule has 0 radical (unpaired) electrons. The van der Waals surface area contributed by atoms with Gasteiger partial charge in [-0.3, -0.25) is 0 Å². The number of benzene rings is 2. The van der Waals surface area contributed by atoms with E-state index >= 15 is 0 Å². The van der Waals surface area contributed by atoms with E-state index in [4.69, 9.17) is 0 Å². The van der Waals surface area contributed by atoms with E-state index < -0.39 is 0 Å². The molecular weight excluding hydrogens is 258 g/mol. The van der Waals surface area contributed by atoms with Crippen LogP contribution in [-0.2, 0) is 12.8 Å². The predicted molar refractivity (Wildman–Crippen MR) is 88.5 cm³/mol. The van der Waals surface area contributed by atoms with Gasteiger partial charge in [0.1, 0.15) is 0 Å². The van der Waals surface area contributed by atoms with Crippen LogP contribution in [0.2, 0.25) is 0 Å². The van der Waals surface area contributed by atoms with Crippen molar-refractivity contribution in [3.63, 3.8) is 0 Å². The Morgan fingerprint density at radius 2 is 1.57 bits per heavy atom. The average Bonchev–Trinajstić information content (AvgIpc) is 2.52. The largest absolute Gasteiger partial charge is 0.392 e. The minimum absolute atomic E-state index is 0.275. The van der Waals surface area contributed by atoms with E-state index in [1.807, 2.05) is 18.2 Å². The molecule has 1 unspecified atom stereocenters. The first-order valence-electron chi connectivity index (χ1n) is 7.72. The summed E-state index contributed by atoms with van der Waals surface area (Å²) in [6.45, 7) is 3.68. The van der Waals surface area contributed by atoms with Gasteiger partial charge in [-0.15, -0.1) is 0 Å². The number of aliphatic hydroxyl groups excluding tert-OH is 1. The quantitative estimate of drug-likeness (QED) is 0.730. The number of hydrogen-bond acceptors (Lipinski definition) is 2. The van der Waals surface area contributed by atoms with Gasteiger partial charge in [0, 0.05) is 6.54 Å². The van der Waals surface area contributed by atoms with Crippen molar-refractivity contribution in [3.05, 3.63) is 71.3 Å². The normalized spacial score (nSPS) is 12.3. The van der Waals surface area contributed by atoms with Crippen molar-refractivity contribution >= 4 is 0 Å². The van der Waals surface area contributed by atoms with Gasteiger partial charge in [-0.05, 0) is 43.9 Å². The van der Waals surface area contributed by atoms with Crippen molar-refractivity contribution in [1.29, 1.82) is 0 Å². The fourth-order valence-electron chi connectivity index (χ4n) is 2.34. The van der Waals surface area contributed by atoms with Gasteiger partial charge in [-0.1, -0.05) is 60.2 Å². The summed E-state index contributed by atoms with van der Waals surface area (Å²) in [4.78, 5) is 0. The molecule has 2 N–H and O–H groups in total. The standard InChI is InChI=1S/C19H25NO/c1-16-7-9-18(10-8-16)13-14-20-15-19(21)12-11-17-5-3-2-4-6-17/h2-10,19-21H,11-15H2,1H3. The van der Waals surface area contributed by atoms with Crippen LogP contribution in [0.4, 0.5) is 0 Å². The third-order valence-corrected chi connectivity index (χ3v) is 3.70. The summed E-state index contributed by atoms with van der Waals surface area (Å²) in [5, 5.41) is 13.3. The molecule has 112 valence electrons. The number of aliphatic hydroxyl groups is 1. The summed E-state index contributed by atoms with van der Waals surface area (Å²) in [6, 6.07) is 18.9. The molecule has 21 heavy (non-hydrogen) atoms. The van der Waals surface area contributed by atoms with Crippen molar-refractivity contribution in [2.75, 3.05) is 13.1 Å². The first-order chi connectivity index (χ1) is 10.2. The molecular formula is C19H25NO. The highest BCUT2D eigenvalue weighted by molar-refractivity contribution is 5.21. The molecule has 2 rings (SSSR count). The lowest BCUT2D eigenvalue weighted by Crippen LogP contribution is -2.28. The Kier molecular flexibility index (Phi) is 6.45. The van der Waals surface area contributed by atoms with Gasteiger partial charge >= 0.3 is 0 Å². The molecule has 2 heteroatoms. The smallest absolute Gasteiger partial charge is 0.0667 e. The summed E-state index contributed by atoms with van der Waals surface area (Å²) in [7, 11) is 0. The van der Waals surface area contributed by atoms with Gasteiger partial charge in [0.25, 0.3) is 0 Å². The molecule has 0 fully saturated rings. The second-order valence-corrected chi connectivity index (χ2v) is 5.62. The van der Waals surface area contributed by atoms with Gasteiger partial charge in [0.05, 0.1) is 6.10 Å². The van der Waals surface area contributed by atoms with Crippen LogP contribution in [0.5, 0.6) is 0 Å². The first kappa shape index (κ1) is 15.7. The molecule has 0 heterocycles. The number of hydrogen-bond donors (Lipinski definition) is 2. The van der Waals surface area contributed by atoms with E-state index in [0.29, 0.717) is 6.54 Å². The van der Waals surface area contributed by atoms with E-state index in [0.717, 1.165) is 25.8 Å². The zero-order valence-electron chi connectivity index (χ0n) is 12.8. The highest BCUT2D eigenvalue weighted by atomic mass is 16.3.